The molecule has 148 valence electrons. The van der Waals surface area contributed by atoms with Gasteiger partial charge in [0.25, 0.3) is 0 Å². The van der Waals surface area contributed by atoms with Gasteiger partial charge in [-0.3, -0.25) is 4.79 Å². The lowest BCUT2D eigenvalue weighted by molar-refractivity contribution is -0.168. The van der Waals surface area contributed by atoms with E-state index in [9.17, 15) is 14.7 Å². The lowest BCUT2D eigenvalue weighted by Gasteiger charge is -2.45. The van der Waals surface area contributed by atoms with Crippen LogP contribution < -0.4 is 10.6 Å². The van der Waals surface area contributed by atoms with E-state index in [1.165, 1.54) is 0 Å². The normalized spacial score (nSPS) is 23.9. The second-order valence-electron chi connectivity index (χ2n) is 6.73. The maximum atomic E-state index is 12.5. The number of ether oxygens (including phenoxy) is 2. The fourth-order valence-electron chi connectivity index (χ4n) is 3.71. The van der Waals surface area contributed by atoms with Gasteiger partial charge >= 0.3 is 6.03 Å². The molecule has 2 aliphatic rings. The Morgan fingerprint density at radius 3 is 2.59 bits per heavy atom. The van der Waals surface area contributed by atoms with Gasteiger partial charge in [-0.05, 0) is 37.5 Å². The van der Waals surface area contributed by atoms with Gasteiger partial charge in [0.15, 0.2) is 0 Å². The number of carbonyl (C=O) groups excluding carboxylic acids is 2. The number of benzene rings is 1. The SMILES string of the molecule is CCNC(=O)Nc1ccc([C@H]2OCC(=O)N(C3CCOCC3)[C@@H]2CO)cc1. The third-order valence-electron chi connectivity index (χ3n) is 4.99. The number of rotatable bonds is 5. The van der Waals surface area contributed by atoms with Crippen LogP contribution in [0.5, 0.6) is 0 Å². The number of hydrogen-bond donors (Lipinski definition) is 3. The highest BCUT2D eigenvalue weighted by Crippen LogP contribution is 2.33. The van der Waals surface area contributed by atoms with Gasteiger partial charge in [0.05, 0.1) is 12.6 Å². The summed E-state index contributed by atoms with van der Waals surface area (Å²) in [5.41, 5.74) is 1.53. The van der Waals surface area contributed by atoms with E-state index in [4.69, 9.17) is 9.47 Å². The summed E-state index contributed by atoms with van der Waals surface area (Å²) >= 11 is 0. The fourth-order valence-corrected chi connectivity index (χ4v) is 3.71. The molecule has 3 amide bonds. The van der Waals surface area contributed by atoms with Crippen LogP contribution in [-0.2, 0) is 14.3 Å². The monoisotopic (exact) mass is 377 g/mol. The molecule has 2 saturated heterocycles. The van der Waals surface area contributed by atoms with Gasteiger partial charge in [-0.15, -0.1) is 0 Å². The molecule has 0 unspecified atom stereocenters. The number of aliphatic hydroxyl groups is 1. The molecule has 1 aromatic carbocycles. The summed E-state index contributed by atoms with van der Waals surface area (Å²) in [4.78, 5) is 25.9. The van der Waals surface area contributed by atoms with Crippen LogP contribution in [0.2, 0.25) is 0 Å². The van der Waals surface area contributed by atoms with Gasteiger partial charge < -0.3 is 30.1 Å². The smallest absolute Gasteiger partial charge is 0.319 e. The van der Waals surface area contributed by atoms with Gasteiger partial charge in [0.2, 0.25) is 5.91 Å². The van der Waals surface area contributed by atoms with Crippen LogP contribution in [-0.4, -0.2) is 67.0 Å². The predicted octanol–water partition coefficient (Wildman–Crippen LogP) is 1.27. The Bertz CT molecular complexity index is 645. The zero-order valence-corrected chi connectivity index (χ0v) is 15.5. The number of nitrogens with zero attached hydrogens (tertiary/aromatic N) is 1. The van der Waals surface area contributed by atoms with Crippen molar-refractivity contribution in [2.75, 3.05) is 38.3 Å². The average Bonchev–Trinajstić information content (AvgIpc) is 2.69. The average molecular weight is 377 g/mol. The summed E-state index contributed by atoms with van der Waals surface area (Å²) in [6.07, 6.45) is 1.13. The molecule has 27 heavy (non-hydrogen) atoms. The molecule has 8 heteroatoms. The summed E-state index contributed by atoms with van der Waals surface area (Å²) < 4.78 is 11.2. The number of hydrogen-bond acceptors (Lipinski definition) is 5. The Kier molecular flexibility index (Phi) is 6.65. The van der Waals surface area contributed by atoms with Crippen LogP contribution in [0.15, 0.2) is 24.3 Å². The van der Waals surface area contributed by atoms with E-state index in [-0.39, 0.29) is 31.2 Å². The highest BCUT2D eigenvalue weighted by Gasteiger charge is 2.41. The quantitative estimate of drug-likeness (QED) is 0.718. The molecular formula is C19H27N3O5. The largest absolute Gasteiger partial charge is 0.394 e. The minimum Gasteiger partial charge on any atom is -0.394 e. The number of aliphatic hydroxyl groups excluding tert-OH is 1. The van der Waals surface area contributed by atoms with Gasteiger partial charge in [0, 0.05) is 31.5 Å². The lowest BCUT2D eigenvalue weighted by Crippen LogP contribution is -2.57. The molecule has 2 atom stereocenters. The lowest BCUT2D eigenvalue weighted by atomic mass is 9.95. The molecule has 3 rings (SSSR count). The summed E-state index contributed by atoms with van der Waals surface area (Å²) in [5, 5.41) is 15.4. The molecule has 0 saturated carbocycles. The van der Waals surface area contributed by atoms with Gasteiger partial charge in [-0.2, -0.15) is 0 Å². The minimum atomic E-state index is -0.434. The molecule has 1 aromatic rings. The van der Waals surface area contributed by atoms with Crippen molar-refractivity contribution < 1.29 is 24.2 Å². The molecule has 0 bridgehead atoms. The first-order chi connectivity index (χ1) is 13.1. The van der Waals surface area contributed by atoms with E-state index >= 15 is 0 Å². The number of anilines is 1. The van der Waals surface area contributed by atoms with Crippen LogP contribution in [0.1, 0.15) is 31.4 Å². The molecule has 0 radical (unpaired) electrons. The topological polar surface area (TPSA) is 100 Å². The molecule has 2 aliphatic heterocycles. The van der Waals surface area contributed by atoms with Crippen molar-refractivity contribution in [3.05, 3.63) is 29.8 Å². The van der Waals surface area contributed by atoms with Gasteiger partial charge in [-0.1, -0.05) is 12.1 Å². The van der Waals surface area contributed by atoms with Crippen LogP contribution in [0.4, 0.5) is 10.5 Å². The zero-order valence-electron chi connectivity index (χ0n) is 15.5. The highest BCUT2D eigenvalue weighted by atomic mass is 16.5. The Morgan fingerprint density at radius 1 is 1.26 bits per heavy atom. The van der Waals surface area contributed by atoms with Crippen molar-refractivity contribution in [2.24, 2.45) is 0 Å². The summed E-state index contributed by atoms with van der Waals surface area (Å²) in [7, 11) is 0. The first kappa shape index (κ1) is 19.6. The second-order valence-corrected chi connectivity index (χ2v) is 6.73. The maximum absolute atomic E-state index is 12.5. The number of amides is 3. The molecule has 8 nitrogen and oxygen atoms in total. The number of morpholine rings is 1. The van der Waals surface area contributed by atoms with Crippen LogP contribution in [0.25, 0.3) is 0 Å². The molecule has 3 N–H and O–H groups in total. The van der Waals surface area contributed by atoms with E-state index in [2.05, 4.69) is 10.6 Å². The minimum absolute atomic E-state index is 0.00255. The zero-order chi connectivity index (χ0) is 19.2. The van der Waals surface area contributed by atoms with E-state index in [0.717, 1.165) is 18.4 Å². The second kappa shape index (κ2) is 9.16. The van der Waals surface area contributed by atoms with E-state index < -0.39 is 12.1 Å². The van der Waals surface area contributed by atoms with Crippen LogP contribution in [0.3, 0.4) is 0 Å². The van der Waals surface area contributed by atoms with Crippen LogP contribution >= 0.6 is 0 Å². The molecule has 0 aromatic heterocycles. The predicted molar refractivity (Wildman–Crippen MR) is 99.4 cm³/mol. The highest BCUT2D eigenvalue weighted by molar-refractivity contribution is 5.89. The van der Waals surface area contributed by atoms with E-state index in [1.54, 1.807) is 17.0 Å². The van der Waals surface area contributed by atoms with Crippen LogP contribution in [0, 0.1) is 0 Å². The van der Waals surface area contributed by atoms with Gasteiger partial charge in [-0.25, -0.2) is 4.79 Å². The fraction of sp³-hybridized carbons (Fsp3) is 0.579. The van der Waals surface area contributed by atoms with Crippen molar-refractivity contribution in [3.8, 4) is 0 Å². The van der Waals surface area contributed by atoms with Crippen molar-refractivity contribution in [2.45, 2.75) is 38.0 Å². The Hall–Kier alpha value is -2.16. The van der Waals surface area contributed by atoms with Crippen molar-refractivity contribution in [1.29, 1.82) is 0 Å². The van der Waals surface area contributed by atoms with Crippen molar-refractivity contribution in [3.63, 3.8) is 0 Å². The van der Waals surface area contributed by atoms with E-state index in [0.29, 0.717) is 25.4 Å². The van der Waals surface area contributed by atoms with E-state index in [1.807, 2.05) is 19.1 Å². The first-order valence-corrected chi connectivity index (χ1v) is 9.40. The first-order valence-electron chi connectivity index (χ1n) is 9.40. The molecule has 2 fully saturated rings. The standard InChI is InChI=1S/C19H27N3O5/c1-2-20-19(25)21-14-5-3-13(4-6-14)18-16(11-23)22(17(24)12-27-18)15-7-9-26-10-8-15/h3-6,15-16,18,23H,2,7-12H2,1H3,(H2,20,21,25)/t16-,18-/m1/s1. The number of carbonyl (C=O) groups is 2. The third kappa shape index (κ3) is 4.58. The summed E-state index contributed by atoms with van der Waals surface area (Å²) in [6.45, 7) is 3.47. The molecule has 0 aliphatic carbocycles. The van der Waals surface area contributed by atoms with Gasteiger partial charge in [0.1, 0.15) is 12.7 Å². The summed E-state index contributed by atoms with van der Waals surface area (Å²) in [6, 6.07) is 6.66. The third-order valence-corrected chi connectivity index (χ3v) is 4.99. The molecule has 2 heterocycles. The number of nitrogens with one attached hydrogen (secondary N) is 2. The molecule has 0 spiro atoms. The van der Waals surface area contributed by atoms with Crippen molar-refractivity contribution >= 4 is 17.6 Å². The van der Waals surface area contributed by atoms with Crippen molar-refractivity contribution in [1.82, 2.24) is 10.2 Å². The Balaban J connectivity index is 1.74. The Morgan fingerprint density at radius 2 is 1.96 bits per heavy atom. The Labute approximate surface area is 158 Å². The number of urea groups is 1. The summed E-state index contributed by atoms with van der Waals surface area (Å²) in [5.74, 6) is -0.0910. The maximum Gasteiger partial charge on any atom is 0.319 e. The molecular weight excluding hydrogens is 350 g/mol.